The van der Waals surface area contributed by atoms with Crippen molar-refractivity contribution >= 4 is 33.6 Å². The largest absolute Gasteiger partial charge is 0.472 e. The number of phosphoric acid groups is 2. The number of aliphatic hydroxyl groups is 2. The number of unbranched alkanes of at least 4 members (excludes halogenated alkanes) is 36. The Bertz CT molecular complexity index is 2600. The van der Waals surface area contributed by atoms with Crippen molar-refractivity contribution in [2.75, 3.05) is 39.6 Å². The van der Waals surface area contributed by atoms with Gasteiger partial charge < -0.3 is 34.2 Å². The highest BCUT2D eigenvalue weighted by atomic mass is 31.2. The summed E-state index contributed by atoms with van der Waals surface area (Å²) in [6.07, 6.45) is 106. The molecule has 0 rings (SSSR count). The van der Waals surface area contributed by atoms with E-state index in [2.05, 4.69) is 167 Å². The molecule has 0 fully saturated rings. The third-order valence-corrected chi connectivity index (χ3v) is 20.5. The lowest BCUT2D eigenvalue weighted by Gasteiger charge is -2.21. The normalized spacial score (nSPS) is 14.5. The standard InChI is InChI=1S/C93H160O16P2/c1-4-7-10-13-16-19-22-24-26-28-30-32-34-36-38-40-42-43-45-47-48-50-52-54-56-58-60-62-65-67-70-73-76-79-91(96)103-82-88(94)83-105-110(99,100)106-84-89(95)85-107-111(101,102)108-87-90(109-93(98)81-78-75-72-69-64-21-18-15-12-9-6-3)86-104-92(97)80-77-74-71-68-66-63-61-59-57-55-53-51-49-46-44-41-39-37-35-33-31-29-27-25-23-20-17-14-11-8-5-2/h7-8,10-11,16-17,19-20,24-27,30-33,36-39,42-44,46,88-90,94-95H,4-6,9,12-15,18,21-23,28-29,34-35,40-41,45,47-87H2,1-3H3,(H,99,100)(H,101,102)/b10-7-,11-8-,19-16-,20-17-,26-24-,27-25-,32-30-,33-31-,38-36-,39-37-,43-42-,46-44-. The fourth-order valence-corrected chi connectivity index (χ4v) is 13.5. The van der Waals surface area contributed by atoms with Gasteiger partial charge in [0.1, 0.15) is 25.4 Å². The van der Waals surface area contributed by atoms with E-state index in [1.54, 1.807) is 0 Å². The molecule has 4 N–H and O–H groups in total. The van der Waals surface area contributed by atoms with E-state index >= 15 is 0 Å². The average Bonchev–Trinajstić information content (AvgIpc) is 0.898. The SMILES string of the molecule is CC/C=C\C/C=C\C/C=C\C/C=C\C/C=C\C/C=C\CCCCCCCCCCCCCCCCC(=O)OCC(O)COP(=O)(O)OCC(O)COP(=O)(O)OCC(COC(=O)CCCCCCCCCCCCCC/C=C\C/C=C\C/C=C\C/C=C\C/C=C\C/C=C\CC)OC(=O)CCCCCCCCCCCCC. The van der Waals surface area contributed by atoms with Crippen molar-refractivity contribution < 1.29 is 75.8 Å². The zero-order chi connectivity index (χ0) is 80.8. The van der Waals surface area contributed by atoms with E-state index in [9.17, 15) is 43.5 Å². The summed E-state index contributed by atoms with van der Waals surface area (Å²) in [5.74, 6) is -1.57. The van der Waals surface area contributed by atoms with Gasteiger partial charge in [0.05, 0.1) is 26.4 Å². The van der Waals surface area contributed by atoms with Crippen LogP contribution in [0.25, 0.3) is 0 Å². The molecule has 0 saturated heterocycles. The minimum atomic E-state index is -4.93. The zero-order valence-electron chi connectivity index (χ0n) is 70.1. The van der Waals surface area contributed by atoms with Crippen LogP contribution in [0, 0.1) is 0 Å². The highest BCUT2D eigenvalue weighted by molar-refractivity contribution is 7.47. The minimum Gasteiger partial charge on any atom is -0.463 e. The molecule has 5 atom stereocenters. The second-order valence-corrected chi connectivity index (χ2v) is 32.2. The molecule has 0 spiro atoms. The van der Waals surface area contributed by atoms with Crippen molar-refractivity contribution in [2.24, 2.45) is 0 Å². The summed E-state index contributed by atoms with van der Waals surface area (Å²) in [6, 6.07) is 0. The third-order valence-electron chi connectivity index (χ3n) is 18.6. The molecule has 111 heavy (non-hydrogen) atoms. The predicted octanol–water partition coefficient (Wildman–Crippen LogP) is 26.8. The van der Waals surface area contributed by atoms with Gasteiger partial charge in [-0.1, -0.05) is 372 Å². The van der Waals surface area contributed by atoms with E-state index in [-0.39, 0.29) is 19.3 Å². The summed E-state index contributed by atoms with van der Waals surface area (Å²) in [6.45, 7) is 2.48. The molecule has 0 amide bonds. The van der Waals surface area contributed by atoms with E-state index in [1.165, 1.54) is 148 Å². The lowest BCUT2D eigenvalue weighted by atomic mass is 10.0. The number of rotatable bonds is 83. The average molecular weight is 1600 g/mol. The molecule has 0 aliphatic heterocycles. The predicted molar refractivity (Wildman–Crippen MR) is 463 cm³/mol. The molecule has 0 aromatic heterocycles. The maximum Gasteiger partial charge on any atom is 0.472 e. The highest BCUT2D eigenvalue weighted by Crippen LogP contribution is 2.45. The molecule has 0 radical (unpaired) electrons. The molecule has 0 aromatic rings. The molecule has 0 aliphatic carbocycles. The van der Waals surface area contributed by atoms with Crippen LogP contribution in [0.1, 0.15) is 367 Å². The van der Waals surface area contributed by atoms with Crippen LogP contribution < -0.4 is 0 Å². The van der Waals surface area contributed by atoms with Gasteiger partial charge in [0, 0.05) is 19.3 Å². The molecule has 0 heterocycles. The summed E-state index contributed by atoms with van der Waals surface area (Å²) in [5, 5.41) is 20.7. The van der Waals surface area contributed by atoms with Crippen molar-refractivity contribution in [1.82, 2.24) is 0 Å². The number of ether oxygens (including phenoxy) is 3. The van der Waals surface area contributed by atoms with Gasteiger partial charge in [0.25, 0.3) is 0 Å². The number of carbonyl (C=O) groups is 3. The van der Waals surface area contributed by atoms with Crippen LogP contribution >= 0.6 is 15.6 Å². The number of hydrogen-bond acceptors (Lipinski definition) is 14. The van der Waals surface area contributed by atoms with Crippen LogP contribution in [0.3, 0.4) is 0 Å². The molecule has 18 heteroatoms. The van der Waals surface area contributed by atoms with Gasteiger partial charge >= 0.3 is 33.6 Å². The number of phosphoric ester groups is 2. The van der Waals surface area contributed by atoms with Crippen LogP contribution in [-0.2, 0) is 55.8 Å². The van der Waals surface area contributed by atoms with E-state index in [4.69, 9.17) is 32.3 Å². The first-order chi connectivity index (χ1) is 54.2. The Morgan fingerprint density at radius 3 is 0.757 bits per heavy atom. The summed E-state index contributed by atoms with van der Waals surface area (Å²) >= 11 is 0. The number of carbonyl (C=O) groups excluding carboxylic acids is 3. The maximum atomic E-state index is 13.0. The Morgan fingerprint density at radius 2 is 0.477 bits per heavy atom. The van der Waals surface area contributed by atoms with E-state index in [0.717, 1.165) is 161 Å². The maximum absolute atomic E-state index is 13.0. The first-order valence-electron chi connectivity index (χ1n) is 44.1. The first-order valence-corrected chi connectivity index (χ1v) is 47.1. The van der Waals surface area contributed by atoms with Crippen LogP contribution in [-0.4, -0.2) is 95.9 Å². The van der Waals surface area contributed by atoms with Gasteiger partial charge in [0.15, 0.2) is 6.10 Å². The highest BCUT2D eigenvalue weighted by Gasteiger charge is 2.29. The van der Waals surface area contributed by atoms with Gasteiger partial charge in [-0.2, -0.15) is 0 Å². The Balaban J connectivity index is 4.37. The van der Waals surface area contributed by atoms with Crippen molar-refractivity contribution in [2.45, 2.75) is 386 Å². The number of esters is 3. The topological polar surface area (TPSA) is 231 Å². The Labute approximate surface area is 677 Å². The van der Waals surface area contributed by atoms with Crippen LogP contribution in [0.5, 0.6) is 0 Å². The molecule has 0 aromatic carbocycles. The molecule has 638 valence electrons. The number of aliphatic hydroxyl groups excluding tert-OH is 2. The summed E-state index contributed by atoms with van der Waals surface area (Å²) in [5.41, 5.74) is 0. The van der Waals surface area contributed by atoms with Crippen molar-refractivity contribution in [3.8, 4) is 0 Å². The van der Waals surface area contributed by atoms with Gasteiger partial charge in [-0.25, -0.2) is 9.13 Å². The van der Waals surface area contributed by atoms with Crippen molar-refractivity contribution in [3.63, 3.8) is 0 Å². The van der Waals surface area contributed by atoms with E-state index < -0.39 is 91.5 Å². The minimum absolute atomic E-state index is 0.106. The van der Waals surface area contributed by atoms with E-state index in [0.29, 0.717) is 19.3 Å². The smallest absolute Gasteiger partial charge is 0.463 e. The Morgan fingerprint density at radius 1 is 0.261 bits per heavy atom. The molecule has 0 aliphatic rings. The quantitative estimate of drug-likeness (QED) is 0.0146. The second-order valence-electron chi connectivity index (χ2n) is 29.3. The van der Waals surface area contributed by atoms with Crippen molar-refractivity contribution in [1.29, 1.82) is 0 Å². The summed E-state index contributed by atoms with van der Waals surface area (Å²) < 4.78 is 61.2. The Hall–Kier alpha value is -4.57. The number of allylic oxidation sites excluding steroid dienone is 24. The molecule has 0 saturated carbocycles. The molecular weight excluding hydrogens is 1430 g/mol. The fourth-order valence-electron chi connectivity index (χ4n) is 11.9. The van der Waals surface area contributed by atoms with Gasteiger partial charge in [-0.05, 0) is 122 Å². The Kier molecular flexibility index (Phi) is 81.3. The molecule has 5 unspecified atom stereocenters. The second kappa shape index (κ2) is 84.8. The molecule has 16 nitrogen and oxygen atoms in total. The zero-order valence-corrected chi connectivity index (χ0v) is 71.9. The molecule has 0 bridgehead atoms. The monoisotopic (exact) mass is 1600 g/mol. The lowest BCUT2D eigenvalue weighted by molar-refractivity contribution is -0.161. The van der Waals surface area contributed by atoms with Crippen LogP contribution in [0.15, 0.2) is 146 Å². The van der Waals surface area contributed by atoms with Crippen molar-refractivity contribution in [3.05, 3.63) is 146 Å². The fraction of sp³-hybridized carbons (Fsp3) is 0.710. The summed E-state index contributed by atoms with van der Waals surface area (Å²) in [7, 11) is -9.79. The van der Waals surface area contributed by atoms with Crippen LogP contribution in [0.4, 0.5) is 0 Å². The molecular formula is C93H160O16P2. The summed E-state index contributed by atoms with van der Waals surface area (Å²) in [4.78, 5) is 58.7. The third kappa shape index (κ3) is 86.1. The number of hydrogen-bond donors (Lipinski definition) is 4. The van der Waals surface area contributed by atoms with Gasteiger partial charge in [0.2, 0.25) is 0 Å². The van der Waals surface area contributed by atoms with Gasteiger partial charge in [-0.15, -0.1) is 0 Å². The van der Waals surface area contributed by atoms with Gasteiger partial charge in [-0.3, -0.25) is 32.5 Å². The van der Waals surface area contributed by atoms with Crippen LogP contribution in [0.2, 0.25) is 0 Å². The van der Waals surface area contributed by atoms with E-state index in [1.807, 2.05) is 0 Å². The lowest BCUT2D eigenvalue weighted by Crippen LogP contribution is -2.30. The first kappa shape index (κ1) is 106.